The molecule has 3 aromatic carbocycles. The van der Waals surface area contributed by atoms with Crippen LogP contribution in [-0.2, 0) is 10.9 Å². The largest absolute Gasteiger partial charge is 0.497 e. The molecule has 4 heteroatoms. The molecule has 3 rings (SSSR count). The van der Waals surface area contributed by atoms with Crippen LogP contribution in [0.15, 0.2) is 81.4 Å². The second kappa shape index (κ2) is 8.19. The molecule has 26 heavy (non-hydrogen) atoms. The summed E-state index contributed by atoms with van der Waals surface area (Å²) in [5, 5.41) is 0. The number of rotatable bonds is 6. The second-order valence-electron chi connectivity index (χ2n) is 5.80. The Kier molecular flexibility index (Phi) is 5.74. The number of benzene rings is 3. The maximum Gasteiger partial charge on any atom is 0.173 e. The van der Waals surface area contributed by atoms with E-state index in [2.05, 4.69) is 43.3 Å². The minimum Gasteiger partial charge on any atom is -0.497 e. The number of methoxy groups -OCH3 is 3. The highest BCUT2D eigenvalue weighted by Crippen LogP contribution is 2.37. The van der Waals surface area contributed by atoms with Crippen molar-refractivity contribution in [3.05, 3.63) is 72.3 Å². The van der Waals surface area contributed by atoms with Crippen molar-refractivity contribution in [1.82, 2.24) is 0 Å². The van der Waals surface area contributed by atoms with Crippen molar-refractivity contribution >= 4 is 10.9 Å². The summed E-state index contributed by atoms with van der Waals surface area (Å²) in [6.45, 7) is 2.13. The first-order chi connectivity index (χ1) is 12.7. The van der Waals surface area contributed by atoms with Crippen molar-refractivity contribution in [3.63, 3.8) is 0 Å². The van der Waals surface area contributed by atoms with Gasteiger partial charge in [-0.15, -0.1) is 0 Å². The van der Waals surface area contributed by atoms with E-state index in [-0.39, 0.29) is 10.9 Å². The van der Waals surface area contributed by atoms with Crippen LogP contribution in [0.3, 0.4) is 0 Å². The predicted molar refractivity (Wildman–Crippen MR) is 106 cm³/mol. The van der Waals surface area contributed by atoms with Crippen molar-refractivity contribution in [1.29, 1.82) is 0 Å². The minimum absolute atomic E-state index is 0.302. The summed E-state index contributed by atoms with van der Waals surface area (Å²) in [6, 6.07) is 22.7. The molecule has 0 heterocycles. The van der Waals surface area contributed by atoms with Gasteiger partial charge in [-0.3, -0.25) is 0 Å². The van der Waals surface area contributed by atoms with Gasteiger partial charge in [-0.2, -0.15) is 0 Å². The van der Waals surface area contributed by atoms with Crippen LogP contribution in [-0.4, -0.2) is 21.3 Å². The third-order valence-electron chi connectivity index (χ3n) is 4.17. The molecule has 0 spiro atoms. The topological polar surface area (TPSA) is 27.7 Å². The fraction of sp³-hybridized carbons (Fsp3) is 0.182. The van der Waals surface area contributed by atoms with Gasteiger partial charge in [-0.1, -0.05) is 18.2 Å². The van der Waals surface area contributed by atoms with Gasteiger partial charge in [0.2, 0.25) is 0 Å². The Balaban J connectivity index is 2.21. The van der Waals surface area contributed by atoms with Crippen LogP contribution >= 0.6 is 0 Å². The zero-order valence-electron chi connectivity index (χ0n) is 15.5. The van der Waals surface area contributed by atoms with Crippen molar-refractivity contribution in [2.24, 2.45) is 0 Å². The Morgan fingerprint density at radius 1 is 0.615 bits per heavy atom. The van der Waals surface area contributed by atoms with Crippen molar-refractivity contribution in [3.8, 4) is 17.2 Å². The molecular formula is C22H23O3S+. The molecule has 0 saturated carbocycles. The molecule has 0 unspecified atom stereocenters. The molecule has 0 aliphatic carbocycles. The monoisotopic (exact) mass is 367 g/mol. The van der Waals surface area contributed by atoms with Crippen molar-refractivity contribution in [2.45, 2.75) is 21.6 Å². The predicted octanol–water partition coefficient (Wildman–Crippen LogP) is 5.12. The quantitative estimate of drug-likeness (QED) is 0.566. The first-order valence-corrected chi connectivity index (χ1v) is 9.56. The lowest BCUT2D eigenvalue weighted by molar-refractivity contribution is 0.413. The van der Waals surface area contributed by atoms with Crippen LogP contribution < -0.4 is 14.2 Å². The molecule has 0 fully saturated rings. The lowest BCUT2D eigenvalue weighted by Gasteiger charge is -2.13. The fourth-order valence-corrected chi connectivity index (χ4v) is 5.08. The van der Waals surface area contributed by atoms with E-state index in [0.717, 1.165) is 17.2 Å². The van der Waals surface area contributed by atoms with Crippen LogP contribution in [0.1, 0.15) is 5.56 Å². The number of aryl methyl sites for hydroxylation is 1. The third kappa shape index (κ3) is 3.81. The smallest absolute Gasteiger partial charge is 0.173 e. The maximum atomic E-state index is 5.48. The molecule has 134 valence electrons. The van der Waals surface area contributed by atoms with E-state index in [4.69, 9.17) is 14.2 Å². The summed E-state index contributed by atoms with van der Waals surface area (Å²) in [4.78, 5) is 3.61. The third-order valence-corrected chi connectivity index (χ3v) is 6.50. The SMILES string of the molecule is COc1cccc([S+](c2cccc(OC)c2)c2cc(OC)ccc2C)c1. The average molecular weight is 367 g/mol. The van der Waals surface area contributed by atoms with Gasteiger partial charge < -0.3 is 14.2 Å². The van der Waals surface area contributed by atoms with Gasteiger partial charge in [0.1, 0.15) is 17.2 Å². The molecule has 0 radical (unpaired) electrons. The van der Waals surface area contributed by atoms with Gasteiger partial charge in [0, 0.05) is 23.8 Å². The summed E-state index contributed by atoms with van der Waals surface area (Å²) in [7, 11) is 4.78. The molecule has 0 saturated heterocycles. The van der Waals surface area contributed by atoms with Crippen LogP contribution in [0.25, 0.3) is 0 Å². The zero-order chi connectivity index (χ0) is 18.5. The summed E-state index contributed by atoms with van der Waals surface area (Å²) in [5.74, 6) is 2.56. The molecule has 3 aromatic rings. The van der Waals surface area contributed by atoms with Gasteiger partial charge in [0.25, 0.3) is 0 Å². The van der Waals surface area contributed by atoms with Crippen LogP contribution in [0.4, 0.5) is 0 Å². The lowest BCUT2D eigenvalue weighted by atomic mass is 10.2. The Hall–Kier alpha value is -2.59. The molecule has 3 nitrogen and oxygen atoms in total. The molecule has 0 amide bonds. The summed E-state index contributed by atoms with van der Waals surface area (Å²) in [6.07, 6.45) is 0. The van der Waals surface area contributed by atoms with E-state index < -0.39 is 0 Å². The maximum absolute atomic E-state index is 5.48. The molecule has 0 atom stereocenters. The van der Waals surface area contributed by atoms with Crippen molar-refractivity contribution in [2.75, 3.05) is 21.3 Å². The van der Waals surface area contributed by atoms with Crippen LogP contribution in [0, 0.1) is 6.92 Å². The van der Waals surface area contributed by atoms with Gasteiger partial charge in [0.15, 0.2) is 14.7 Å². The number of hydrogen-bond acceptors (Lipinski definition) is 3. The van der Waals surface area contributed by atoms with Gasteiger partial charge >= 0.3 is 0 Å². The second-order valence-corrected chi connectivity index (χ2v) is 7.79. The normalized spacial score (nSPS) is 10.7. The lowest BCUT2D eigenvalue weighted by Crippen LogP contribution is -2.07. The number of ether oxygens (including phenoxy) is 3. The van der Waals surface area contributed by atoms with Crippen LogP contribution in [0.2, 0.25) is 0 Å². The minimum atomic E-state index is -0.302. The van der Waals surface area contributed by atoms with E-state index >= 15 is 0 Å². The highest BCUT2D eigenvalue weighted by atomic mass is 32.2. The highest BCUT2D eigenvalue weighted by Gasteiger charge is 2.31. The highest BCUT2D eigenvalue weighted by molar-refractivity contribution is 7.97. The first kappa shape index (κ1) is 18.2. The van der Waals surface area contributed by atoms with Gasteiger partial charge in [-0.25, -0.2) is 0 Å². The molecule has 0 aromatic heterocycles. The standard InChI is InChI=1S/C22H23O3S/c1-16-11-12-19(25-4)15-22(16)26(20-9-5-7-17(13-20)23-2)21-10-6-8-18(14-21)24-3/h5-15H,1-4H3/q+1. The Morgan fingerprint density at radius 2 is 1.12 bits per heavy atom. The Labute approximate surface area is 157 Å². The summed E-state index contributed by atoms with van der Waals surface area (Å²) >= 11 is 0. The van der Waals surface area contributed by atoms with E-state index in [9.17, 15) is 0 Å². The summed E-state index contributed by atoms with van der Waals surface area (Å²) in [5.41, 5.74) is 1.22. The van der Waals surface area contributed by atoms with Gasteiger partial charge in [0.05, 0.1) is 32.2 Å². The zero-order valence-corrected chi connectivity index (χ0v) is 16.3. The van der Waals surface area contributed by atoms with E-state index in [0.29, 0.717) is 0 Å². The molecule has 0 bridgehead atoms. The Morgan fingerprint density at radius 3 is 1.62 bits per heavy atom. The molecule has 0 aliphatic rings. The van der Waals surface area contributed by atoms with Crippen LogP contribution in [0.5, 0.6) is 17.2 Å². The first-order valence-electron chi connectivity index (χ1n) is 8.33. The number of hydrogen-bond donors (Lipinski definition) is 0. The fourth-order valence-electron chi connectivity index (χ4n) is 2.77. The molecule has 0 N–H and O–H groups in total. The van der Waals surface area contributed by atoms with E-state index in [1.54, 1.807) is 21.3 Å². The molecule has 0 aliphatic heterocycles. The van der Waals surface area contributed by atoms with E-state index in [1.807, 2.05) is 30.3 Å². The Bertz CT molecular complexity index is 845. The summed E-state index contributed by atoms with van der Waals surface area (Å²) < 4.78 is 16.4. The van der Waals surface area contributed by atoms with Crippen molar-refractivity contribution < 1.29 is 14.2 Å². The average Bonchev–Trinajstić information content (AvgIpc) is 2.70. The van der Waals surface area contributed by atoms with Gasteiger partial charge in [-0.05, 0) is 37.3 Å². The van der Waals surface area contributed by atoms with E-state index in [1.165, 1.54) is 20.2 Å². The molecular weight excluding hydrogens is 344 g/mol.